The fourth-order valence-electron chi connectivity index (χ4n) is 3.89. The van der Waals surface area contributed by atoms with E-state index < -0.39 is 0 Å². The maximum absolute atomic E-state index is 6.27. The SMILES string of the molecule is CN1C2CCC1CC(Oc1ccc3ccccc3c1)C2. The molecular formula is C18H21NO. The van der Waals surface area contributed by atoms with E-state index in [1.807, 2.05) is 0 Å². The molecule has 4 rings (SSSR count). The van der Waals surface area contributed by atoms with Crippen LogP contribution in [0, 0.1) is 0 Å². The minimum Gasteiger partial charge on any atom is -0.490 e. The van der Waals surface area contributed by atoms with Gasteiger partial charge in [-0.3, -0.25) is 0 Å². The highest BCUT2D eigenvalue weighted by molar-refractivity contribution is 5.83. The molecule has 2 fully saturated rings. The highest BCUT2D eigenvalue weighted by Crippen LogP contribution is 2.36. The lowest BCUT2D eigenvalue weighted by molar-refractivity contribution is 0.0662. The van der Waals surface area contributed by atoms with Crippen molar-refractivity contribution in [2.45, 2.75) is 43.9 Å². The van der Waals surface area contributed by atoms with Gasteiger partial charge in [0.25, 0.3) is 0 Å². The summed E-state index contributed by atoms with van der Waals surface area (Å²) in [6.07, 6.45) is 5.45. The van der Waals surface area contributed by atoms with Gasteiger partial charge in [-0.1, -0.05) is 30.3 Å². The molecule has 0 spiro atoms. The quantitative estimate of drug-likeness (QED) is 0.819. The molecule has 0 aliphatic carbocycles. The standard InChI is InChI=1S/C18H21NO/c1-19-15-7-8-16(19)12-18(11-15)20-17-9-6-13-4-2-3-5-14(13)10-17/h2-6,9-10,15-16,18H,7-8,11-12H2,1H3. The van der Waals surface area contributed by atoms with Gasteiger partial charge in [0.2, 0.25) is 0 Å². The van der Waals surface area contributed by atoms with Gasteiger partial charge >= 0.3 is 0 Å². The van der Waals surface area contributed by atoms with Gasteiger partial charge in [-0.25, -0.2) is 0 Å². The zero-order valence-electron chi connectivity index (χ0n) is 12.0. The summed E-state index contributed by atoms with van der Waals surface area (Å²) < 4.78 is 6.27. The summed E-state index contributed by atoms with van der Waals surface area (Å²) in [6, 6.07) is 16.4. The molecular weight excluding hydrogens is 246 g/mol. The van der Waals surface area contributed by atoms with Gasteiger partial charge in [-0.15, -0.1) is 0 Å². The van der Waals surface area contributed by atoms with E-state index in [1.165, 1.54) is 36.5 Å². The summed E-state index contributed by atoms with van der Waals surface area (Å²) in [5.74, 6) is 1.03. The third kappa shape index (κ3) is 2.08. The van der Waals surface area contributed by atoms with Crippen LogP contribution in [0.3, 0.4) is 0 Å². The lowest BCUT2D eigenvalue weighted by Crippen LogP contribution is -2.43. The highest BCUT2D eigenvalue weighted by Gasteiger charge is 2.39. The van der Waals surface area contributed by atoms with Crippen LogP contribution in [0.5, 0.6) is 5.75 Å². The number of benzene rings is 2. The number of rotatable bonds is 2. The van der Waals surface area contributed by atoms with Crippen LogP contribution >= 0.6 is 0 Å². The maximum Gasteiger partial charge on any atom is 0.120 e. The molecule has 2 bridgehead atoms. The minimum atomic E-state index is 0.393. The summed E-state index contributed by atoms with van der Waals surface area (Å²) >= 11 is 0. The molecule has 2 heterocycles. The largest absolute Gasteiger partial charge is 0.490 e. The molecule has 0 N–H and O–H groups in total. The van der Waals surface area contributed by atoms with Gasteiger partial charge in [-0.05, 0) is 55.6 Å². The molecule has 2 saturated heterocycles. The fourth-order valence-corrected chi connectivity index (χ4v) is 3.89. The molecule has 0 aromatic heterocycles. The molecule has 2 heteroatoms. The van der Waals surface area contributed by atoms with Crippen LogP contribution in [0.15, 0.2) is 42.5 Å². The summed E-state index contributed by atoms with van der Waals surface area (Å²) in [7, 11) is 2.27. The Morgan fingerprint density at radius 3 is 2.40 bits per heavy atom. The minimum absolute atomic E-state index is 0.393. The molecule has 0 saturated carbocycles. The van der Waals surface area contributed by atoms with Gasteiger partial charge in [0.05, 0.1) is 0 Å². The normalized spacial score (nSPS) is 29.8. The van der Waals surface area contributed by atoms with Crippen LogP contribution in [0.2, 0.25) is 0 Å². The predicted molar refractivity (Wildman–Crippen MR) is 82.2 cm³/mol. The molecule has 104 valence electrons. The molecule has 2 unspecified atom stereocenters. The van der Waals surface area contributed by atoms with E-state index in [9.17, 15) is 0 Å². The van der Waals surface area contributed by atoms with Crippen LogP contribution in [0.4, 0.5) is 0 Å². The number of ether oxygens (including phenoxy) is 1. The van der Waals surface area contributed by atoms with Crippen molar-refractivity contribution in [1.29, 1.82) is 0 Å². The number of fused-ring (bicyclic) bond motifs is 3. The zero-order chi connectivity index (χ0) is 13.5. The average Bonchev–Trinajstić information content (AvgIpc) is 2.70. The lowest BCUT2D eigenvalue weighted by atomic mass is 10.0. The first-order valence-corrected chi connectivity index (χ1v) is 7.67. The van der Waals surface area contributed by atoms with Gasteiger partial charge in [0.15, 0.2) is 0 Å². The monoisotopic (exact) mass is 267 g/mol. The second-order valence-corrected chi connectivity index (χ2v) is 6.27. The van der Waals surface area contributed by atoms with Gasteiger partial charge < -0.3 is 9.64 Å². The highest BCUT2D eigenvalue weighted by atomic mass is 16.5. The first-order valence-electron chi connectivity index (χ1n) is 7.67. The molecule has 2 aliphatic rings. The lowest BCUT2D eigenvalue weighted by Gasteiger charge is -2.36. The van der Waals surface area contributed by atoms with Crippen molar-refractivity contribution in [3.8, 4) is 5.75 Å². The van der Waals surface area contributed by atoms with Crippen molar-refractivity contribution >= 4 is 10.8 Å². The Balaban J connectivity index is 1.53. The Kier molecular flexibility index (Phi) is 2.92. The van der Waals surface area contributed by atoms with Crippen LogP contribution in [0.25, 0.3) is 10.8 Å². The first-order chi connectivity index (χ1) is 9.79. The summed E-state index contributed by atoms with van der Waals surface area (Å²) in [4.78, 5) is 2.56. The van der Waals surface area contributed by atoms with Crippen molar-refractivity contribution in [3.63, 3.8) is 0 Å². The Hall–Kier alpha value is -1.54. The Morgan fingerprint density at radius 1 is 0.950 bits per heavy atom. The molecule has 20 heavy (non-hydrogen) atoms. The maximum atomic E-state index is 6.27. The van der Waals surface area contributed by atoms with Crippen LogP contribution in [-0.4, -0.2) is 30.1 Å². The topological polar surface area (TPSA) is 12.5 Å². The molecule has 0 radical (unpaired) electrons. The third-order valence-corrected chi connectivity index (χ3v) is 5.08. The van der Waals surface area contributed by atoms with Gasteiger partial charge in [0.1, 0.15) is 11.9 Å². The molecule has 2 aliphatic heterocycles. The molecule has 2 nitrogen and oxygen atoms in total. The predicted octanol–water partition coefficient (Wildman–Crippen LogP) is 3.84. The first kappa shape index (κ1) is 12.2. The Bertz CT molecular complexity index is 610. The van der Waals surface area contributed by atoms with Gasteiger partial charge in [0, 0.05) is 12.1 Å². The van der Waals surface area contributed by atoms with Crippen LogP contribution in [0.1, 0.15) is 25.7 Å². The Labute approximate surface area is 120 Å². The zero-order valence-corrected chi connectivity index (χ0v) is 12.0. The molecule has 0 amide bonds. The summed E-state index contributed by atoms with van der Waals surface area (Å²) in [5, 5.41) is 2.55. The molecule has 2 aromatic carbocycles. The molecule has 2 aromatic rings. The van der Waals surface area contributed by atoms with Crippen LogP contribution < -0.4 is 4.74 Å². The van der Waals surface area contributed by atoms with Gasteiger partial charge in [-0.2, -0.15) is 0 Å². The summed E-state index contributed by atoms with van der Waals surface area (Å²) in [6.45, 7) is 0. The van der Waals surface area contributed by atoms with Crippen molar-refractivity contribution in [1.82, 2.24) is 4.90 Å². The van der Waals surface area contributed by atoms with Crippen molar-refractivity contribution in [2.24, 2.45) is 0 Å². The number of hydrogen-bond donors (Lipinski definition) is 0. The van der Waals surface area contributed by atoms with Crippen molar-refractivity contribution in [3.05, 3.63) is 42.5 Å². The third-order valence-electron chi connectivity index (χ3n) is 5.08. The second kappa shape index (κ2) is 4.78. The van der Waals surface area contributed by atoms with Crippen molar-refractivity contribution < 1.29 is 4.74 Å². The average molecular weight is 267 g/mol. The smallest absolute Gasteiger partial charge is 0.120 e. The number of nitrogens with zero attached hydrogens (tertiary/aromatic N) is 1. The van der Waals surface area contributed by atoms with E-state index in [-0.39, 0.29) is 0 Å². The molecule has 2 atom stereocenters. The van der Waals surface area contributed by atoms with E-state index in [0.29, 0.717) is 6.10 Å². The summed E-state index contributed by atoms with van der Waals surface area (Å²) in [5.41, 5.74) is 0. The van der Waals surface area contributed by atoms with E-state index >= 15 is 0 Å². The van der Waals surface area contributed by atoms with Crippen molar-refractivity contribution in [2.75, 3.05) is 7.05 Å². The van der Waals surface area contributed by atoms with E-state index in [0.717, 1.165) is 17.8 Å². The van der Waals surface area contributed by atoms with Crippen LogP contribution in [-0.2, 0) is 0 Å². The fraction of sp³-hybridized carbons (Fsp3) is 0.444. The van der Waals surface area contributed by atoms with E-state index in [4.69, 9.17) is 4.74 Å². The van der Waals surface area contributed by atoms with E-state index in [1.54, 1.807) is 0 Å². The number of piperidine rings is 1. The van der Waals surface area contributed by atoms with E-state index in [2.05, 4.69) is 54.4 Å². The second-order valence-electron chi connectivity index (χ2n) is 6.27. The number of hydrogen-bond acceptors (Lipinski definition) is 2. The Morgan fingerprint density at radius 2 is 1.65 bits per heavy atom.